The summed E-state index contributed by atoms with van der Waals surface area (Å²) in [6.45, 7) is 0. The number of amides is 4. The number of hydrazine groups is 1. The van der Waals surface area contributed by atoms with E-state index in [1.54, 1.807) is 48.5 Å². The molecule has 10 heteroatoms. The molecule has 0 spiro atoms. The number of allylic oxidation sites excluding steroid dienone is 2. The van der Waals surface area contributed by atoms with Crippen LogP contribution >= 0.6 is 11.6 Å². The lowest BCUT2D eigenvalue weighted by atomic mass is 9.49. The van der Waals surface area contributed by atoms with Gasteiger partial charge in [0.25, 0.3) is 11.8 Å². The Balaban J connectivity index is 1.30. The van der Waals surface area contributed by atoms with Crippen LogP contribution in [0.1, 0.15) is 62.0 Å². The zero-order valence-electron chi connectivity index (χ0n) is 26.1. The number of fused-ring (bicyclic) bond motifs is 4. The highest BCUT2D eigenvalue weighted by Gasteiger charge is 2.70. The summed E-state index contributed by atoms with van der Waals surface area (Å²) < 4.78 is 13.8. The van der Waals surface area contributed by atoms with Gasteiger partial charge in [0, 0.05) is 17.0 Å². The van der Waals surface area contributed by atoms with E-state index in [4.69, 9.17) is 11.6 Å². The number of nitrogens with zero attached hydrogens (tertiary/aromatic N) is 2. The molecule has 2 N–H and O–H groups in total. The van der Waals surface area contributed by atoms with Crippen molar-refractivity contribution in [1.82, 2.24) is 9.91 Å². The first-order chi connectivity index (χ1) is 23.2. The van der Waals surface area contributed by atoms with E-state index in [2.05, 4.69) is 5.43 Å². The van der Waals surface area contributed by atoms with E-state index in [0.29, 0.717) is 28.3 Å². The Labute approximate surface area is 282 Å². The number of benzene rings is 3. The number of likely N-dealkylation sites (tertiary alicyclic amines) is 1. The molecular weight excluding hydrogens is 633 g/mol. The summed E-state index contributed by atoms with van der Waals surface area (Å²) in [6, 6.07) is 18.9. The highest BCUT2D eigenvalue weighted by Crippen LogP contribution is 2.64. The monoisotopic (exact) mass is 667 g/mol. The number of rotatable bonds is 5. The molecule has 3 aromatic carbocycles. The van der Waals surface area contributed by atoms with Gasteiger partial charge < -0.3 is 5.11 Å². The molecule has 2 heterocycles. The van der Waals surface area contributed by atoms with Crippen LogP contribution < -0.4 is 5.43 Å². The molecule has 6 unspecified atom stereocenters. The SMILES string of the molecule is O=C1C2CC3C(=CCC4C(=O)N(C5CCCCC5)C(=O)C43)C(c3ccc(O)cc3)C2(c2ccc(Cl)cc2)C(=O)N1Nc1ccc(F)cc1. The minimum atomic E-state index is -1.45. The molecule has 3 aromatic rings. The van der Waals surface area contributed by atoms with Crippen molar-refractivity contribution in [2.24, 2.45) is 23.7 Å². The van der Waals surface area contributed by atoms with Gasteiger partial charge in [-0.3, -0.25) is 29.5 Å². The lowest BCUT2D eigenvalue weighted by Crippen LogP contribution is -2.53. The molecule has 6 atom stereocenters. The molecule has 2 saturated carbocycles. The summed E-state index contributed by atoms with van der Waals surface area (Å²) in [5, 5.41) is 11.8. The Morgan fingerprint density at radius 2 is 1.50 bits per heavy atom. The van der Waals surface area contributed by atoms with Crippen molar-refractivity contribution in [2.75, 3.05) is 5.43 Å². The molecule has 48 heavy (non-hydrogen) atoms. The molecule has 2 aliphatic heterocycles. The molecular formula is C38H35ClFN3O5. The summed E-state index contributed by atoms with van der Waals surface area (Å²) in [5.41, 5.74) is 4.02. The largest absolute Gasteiger partial charge is 0.508 e. The standard InChI is InChI=1S/C38H35ClFN3O5/c39-23-10-8-22(9-11-23)38-31(35(46)43(37(38)48)41-25-14-12-24(40)13-15-25)20-30-28(33(38)21-6-16-27(44)17-7-21)18-19-29-32(30)36(47)42(34(29)45)26-4-2-1-3-5-26/h6-18,26,29-33,41,44H,1-5,19-20H2. The van der Waals surface area contributed by atoms with Gasteiger partial charge in [-0.05, 0) is 91.3 Å². The van der Waals surface area contributed by atoms with Crippen LogP contribution in [0.15, 0.2) is 84.4 Å². The highest BCUT2D eigenvalue weighted by molar-refractivity contribution is 6.30. The fourth-order valence-corrected chi connectivity index (χ4v) is 9.55. The van der Waals surface area contributed by atoms with Crippen LogP contribution in [-0.4, -0.2) is 44.7 Å². The third kappa shape index (κ3) is 4.54. The van der Waals surface area contributed by atoms with Crippen molar-refractivity contribution < 1.29 is 28.7 Å². The van der Waals surface area contributed by atoms with Crippen LogP contribution in [0.5, 0.6) is 5.75 Å². The van der Waals surface area contributed by atoms with Gasteiger partial charge in [0.1, 0.15) is 11.6 Å². The fraction of sp³-hybridized carbons (Fsp3) is 0.368. The summed E-state index contributed by atoms with van der Waals surface area (Å²) in [5.74, 6) is -4.88. The van der Waals surface area contributed by atoms with Crippen LogP contribution in [0.25, 0.3) is 0 Å². The molecule has 0 bridgehead atoms. The van der Waals surface area contributed by atoms with Gasteiger partial charge in [0.05, 0.1) is 28.9 Å². The van der Waals surface area contributed by atoms with E-state index in [-0.39, 0.29) is 30.0 Å². The third-order valence-electron chi connectivity index (χ3n) is 11.5. The highest BCUT2D eigenvalue weighted by atomic mass is 35.5. The normalized spacial score (nSPS) is 30.2. The first-order valence-electron chi connectivity index (χ1n) is 16.7. The summed E-state index contributed by atoms with van der Waals surface area (Å²) in [6.07, 6.45) is 7.23. The predicted molar refractivity (Wildman–Crippen MR) is 176 cm³/mol. The number of aromatic hydroxyl groups is 1. The van der Waals surface area contributed by atoms with Gasteiger partial charge in [0.15, 0.2) is 0 Å². The summed E-state index contributed by atoms with van der Waals surface area (Å²) in [4.78, 5) is 59.6. The lowest BCUT2D eigenvalue weighted by Gasteiger charge is -2.50. The minimum Gasteiger partial charge on any atom is -0.508 e. The van der Waals surface area contributed by atoms with E-state index < -0.39 is 52.6 Å². The second-order valence-corrected chi connectivity index (χ2v) is 14.2. The molecule has 8 rings (SSSR count). The Morgan fingerprint density at radius 1 is 0.812 bits per heavy atom. The van der Waals surface area contributed by atoms with Crippen molar-refractivity contribution in [1.29, 1.82) is 0 Å². The molecule has 4 fully saturated rings. The first kappa shape index (κ1) is 30.8. The van der Waals surface area contributed by atoms with Gasteiger partial charge in [-0.25, -0.2) is 4.39 Å². The molecule has 4 amide bonds. The number of nitrogens with one attached hydrogen (secondary N) is 1. The average molecular weight is 668 g/mol. The Hall–Kier alpha value is -4.50. The number of carbonyl (C=O) groups excluding carboxylic acids is 4. The zero-order valence-corrected chi connectivity index (χ0v) is 26.9. The smallest absolute Gasteiger partial charge is 0.260 e. The number of imide groups is 2. The molecule has 3 aliphatic carbocycles. The quantitative estimate of drug-likeness (QED) is 0.238. The maximum atomic E-state index is 15.1. The first-order valence-corrected chi connectivity index (χ1v) is 17.1. The fourth-order valence-electron chi connectivity index (χ4n) is 9.42. The second kappa shape index (κ2) is 11.6. The van der Waals surface area contributed by atoms with Crippen molar-refractivity contribution in [3.8, 4) is 5.75 Å². The Kier molecular flexibility index (Phi) is 7.43. The van der Waals surface area contributed by atoms with E-state index >= 15 is 4.79 Å². The number of anilines is 1. The number of phenols is 1. The summed E-state index contributed by atoms with van der Waals surface area (Å²) in [7, 11) is 0. The van der Waals surface area contributed by atoms with E-state index in [1.165, 1.54) is 29.2 Å². The number of carbonyl (C=O) groups is 4. The maximum absolute atomic E-state index is 15.1. The van der Waals surface area contributed by atoms with Crippen LogP contribution in [0, 0.1) is 29.5 Å². The molecule has 246 valence electrons. The minimum absolute atomic E-state index is 0.0500. The van der Waals surface area contributed by atoms with Gasteiger partial charge in [-0.1, -0.05) is 66.8 Å². The molecule has 0 radical (unpaired) electrons. The lowest BCUT2D eigenvalue weighted by molar-refractivity contribution is -0.144. The Bertz CT molecular complexity index is 1840. The van der Waals surface area contributed by atoms with Gasteiger partial charge in [-0.15, -0.1) is 0 Å². The second-order valence-electron chi connectivity index (χ2n) is 13.8. The zero-order chi connectivity index (χ0) is 33.3. The maximum Gasteiger partial charge on any atom is 0.260 e. The van der Waals surface area contributed by atoms with Gasteiger partial charge >= 0.3 is 0 Å². The van der Waals surface area contributed by atoms with Gasteiger partial charge in [0.2, 0.25) is 11.8 Å². The van der Waals surface area contributed by atoms with Crippen LogP contribution in [0.4, 0.5) is 10.1 Å². The van der Waals surface area contributed by atoms with Crippen molar-refractivity contribution in [3.63, 3.8) is 0 Å². The van der Waals surface area contributed by atoms with E-state index in [9.17, 15) is 23.9 Å². The molecule has 2 saturated heterocycles. The van der Waals surface area contributed by atoms with Gasteiger partial charge in [-0.2, -0.15) is 5.01 Å². The average Bonchev–Trinajstić information content (AvgIpc) is 3.47. The number of phenolic OH excluding ortho intramolecular Hbond substituents is 1. The van der Waals surface area contributed by atoms with Crippen molar-refractivity contribution in [3.05, 3.63) is 106 Å². The predicted octanol–water partition coefficient (Wildman–Crippen LogP) is 6.50. The molecule has 8 nitrogen and oxygen atoms in total. The number of hydrogen-bond donors (Lipinski definition) is 2. The number of hydrogen-bond acceptors (Lipinski definition) is 6. The topological polar surface area (TPSA) is 107 Å². The summed E-state index contributed by atoms with van der Waals surface area (Å²) >= 11 is 6.34. The van der Waals surface area contributed by atoms with E-state index in [1.807, 2.05) is 6.08 Å². The van der Waals surface area contributed by atoms with Crippen molar-refractivity contribution >= 4 is 40.9 Å². The van der Waals surface area contributed by atoms with Crippen LogP contribution in [-0.2, 0) is 24.6 Å². The Morgan fingerprint density at radius 3 is 2.19 bits per heavy atom. The third-order valence-corrected chi connectivity index (χ3v) is 11.7. The van der Waals surface area contributed by atoms with E-state index in [0.717, 1.165) is 42.7 Å². The van der Waals surface area contributed by atoms with Crippen LogP contribution in [0.2, 0.25) is 5.02 Å². The molecule has 0 aromatic heterocycles. The molecule has 5 aliphatic rings. The number of halogens is 2. The van der Waals surface area contributed by atoms with Crippen molar-refractivity contribution in [2.45, 2.75) is 62.3 Å². The van der Waals surface area contributed by atoms with Crippen LogP contribution in [0.3, 0.4) is 0 Å².